The number of allylic oxidation sites excluding steroid dienone is 2. The number of carbonyl (C=O) groups is 1. The Hall–Kier alpha value is -3.21. The molecular formula is C24H28N4O6S. The first-order valence-electron chi connectivity index (χ1n) is 11.5. The molecule has 1 atom stereocenters. The quantitative estimate of drug-likeness (QED) is 0.360. The zero-order chi connectivity index (χ0) is 25.4. The second-order valence-electron chi connectivity index (χ2n) is 11.2. The van der Waals surface area contributed by atoms with Crippen LogP contribution in [0.4, 0.5) is 5.69 Å². The molecular weight excluding hydrogens is 472 g/mol. The van der Waals surface area contributed by atoms with Gasteiger partial charge in [-0.25, -0.2) is 17.4 Å². The van der Waals surface area contributed by atoms with E-state index in [1.54, 1.807) is 12.1 Å². The molecule has 2 heterocycles. The predicted molar refractivity (Wildman–Crippen MR) is 130 cm³/mol. The third-order valence-electron chi connectivity index (χ3n) is 7.14. The van der Waals surface area contributed by atoms with E-state index in [0.29, 0.717) is 24.6 Å². The Labute approximate surface area is 203 Å². The van der Waals surface area contributed by atoms with Gasteiger partial charge in [-0.2, -0.15) is 0 Å². The molecule has 10 nitrogen and oxygen atoms in total. The largest absolute Gasteiger partial charge is 0.460 e. The predicted octanol–water partition coefficient (Wildman–Crippen LogP) is 3.77. The van der Waals surface area contributed by atoms with Gasteiger partial charge in [0.25, 0.3) is 5.70 Å². The first-order valence-corrected chi connectivity index (χ1v) is 12.9. The molecule has 0 spiro atoms. The van der Waals surface area contributed by atoms with Crippen LogP contribution in [-0.4, -0.2) is 44.2 Å². The molecule has 1 N–H and O–H groups in total. The lowest BCUT2D eigenvalue weighted by atomic mass is 9.39. The van der Waals surface area contributed by atoms with Crippen molar-refractivity contribution in [3.05, 3.63) is 58.6 Å². The van der Waals surface area contributed by atoms with Crippen LogP contribution in [0, 0.1) is 15.5 Å². The van der Waals surface area contributed by atoms with Crippen LogP contribution in [0.3, 0.4) is 0 Å². The second-order valence-corrected chi connectivity index (χ2v) is 13.5. The number of pyridine rings is 1. The van der Waals surface area contributed by atoms with E-state index in [9.17, 15) is 23.3 Å². The molecule has 3 saturated carbocycles. The SMILES string of the molecule is CC(C)(C)OC(=O)C12CC(Nc3ccnc4c3ccn4S(=O)(=O)C3(C)C=C([N+](=O)[O-])C=CC3)(C1)C2. The molecule has 35 heavy (non-hydrogen) atoms. The molecule has 11 heteroatoms. The number of nitrogens with zero attached hydrogens (tertiary/aromatic N) is 3. The third-order valence-corrected chi connectivity index (χ3v) is 9.42. The van der Waals surface area contributed by atoms with Gasteiger partial charge in [0, 0.05) is 41.2 Å². The zero-order valence-electron chi connectivity index (χ0n) is 20.1. The highest BCUT2D eigenvalue weighted by atomic mass is 32.2. The average Bonchev–Trinajstić information content (AvgIpc) is 3.13. The Morgan fingerprint density at radius 2 is 1.94 bits per heavy atom. The van der Waals surface area contributed by atoms with Crippen molar-refractivity contribution in [3.8, 4) is 0 Å². The number of hydrogen-bond acceptors (Lipinski definition) is 8. The molecule has 0 saturated heterocycles. The number of esters is 1. The van der Waals surface area contributed by atoms with Gasteiger partial charge in [0.1, 0.15) is 10.3 Å². The Morgan fingerprint density at radius 1 is 1.26 bits per heavy atom. The van der Waals surface area contributed by atoms with E-state index >= 15 is 0 Å². The minimum Gasteiger partial charge on any atom is -0.460 e. The van der Waals surface area contributed by atoms with Gasteiger partial charge in [0.05, 0.1) is 10.3 Å². The number of aromatic nitrogens is 2. The van der Waals surface area contributed by atoms with Crippen molar-refractivity contribution in [2.45, 2.75) is 69.3 Å². The number of fused-ring (bicyclic) bond motifs is 1. The third kappa shape index (κ3) is 3.55. The number of ether oxygens (including phenoxy) is 1. The normalized spacial score (nSPS) is 29.7. The fraction of sp³-hybridized carbons (Fsp3) is 0.500. The Kier molecular flexibility index (Phi) is 4.81. The summed E-state index contributed by atoms with van der Waals surface area (Å²) in [7, 11) is -4.06. The summed E-state index contributed by atoms with van der Waals surface area (Å²) in [5, 5.41) is 15.4. The summed E-state index contributed by atoms with van der Waals surface area (Å²) in [6.07, 6.45) is 9.08. The van der Waals surface area contributed by atoms with E-state index in [-0.39, 0.29) is 29.3 Å². The van der Waals surface area contributed by atoms with Gasteiger partial charge < -0.3 is 10.1 Å². The number of carbonyl (C=O) groups excluding carboxylic acids is 1. The number of anilines is 1. The molecule has 0 amide bonds. The van der Waals surface area contributed by atoms with Crippen molar-refractivity contribution in [2.75, 3.05) is 5.32 Å². The van der Waals surface area contributed by atoms with Crippen LogP contribution in [0.5, 0.6) is 0 Å². The molecule has 0 radical (unpaired) electrons. The van der Waals surface area contributed by atoms with Crippen molar-refractivity contribution in [1.82, 2.24) is 8.96 Å². The molecule has 1 unspecified atom stereocenters. The van der Waals surface area contributed by atoms with E-state index in [1.807, 2.05) is 20.8 Å². The number of rotatable bonds is 6. The molecule has 2 aromatic rings. The summed E-state index contributed by atoms with van der Waals surface area (Å²) in [6, 6.07) is 3.47. The maximum absolute atomic E-state index is 13.6. The fourth-order valence-electron chi connectivity index (χ4n) is 5.48. The lowest BCUT2D eigenvalue weighted by molar-refractivity contribution is -0.419. The summed E-state index contributed by atoms with van der Waals surface area (Å²) in [6.45, 7) is 7.04. The molecule has 186 valence electrons. The summed E-state index contributed by atoms with van der Waals surface area (Å²) in [5.74, 6) is -0.164. The van der Waals surface area contributed by atoms with Crippen LogP contribution in [0.1, 0.15) is 53.4 Å². The van der Waals surface area contributed by atoms with Crippen LogP contribution >= 0.6 is 0 Å². The highest BCUT2D eigenvalue weighted by molar-refractivity contribution is 7.91. The zero-order valence-corrected chi connectivity index (χ0v) is 20.9. The van der Waals surface area contributed by atoms with Gasteiger partial charge >= 0.3 is 5.97 Å². The minimum atomic E-state index is -4.06. The van der Waals surface area contributed by atoms with Crippen LogP contribution in [0.2, 0.25) is 0 Å². The van der Waals surface area contributed by atoms with E-state index in [2.05, 4.69) is 10.3 Å². The topological polar surface area (TPSA) is 133 Å². The number of nitro groups is 1. The maximum Gasteiger partial charge on any atom is 0.312 e. The fourth-order valence-corrected chi connectivity index (χ4v) is 7.10. The Bertz CT molecular complexity index is 1410. The highest BCUT2D eigenvalue weighted by Gasteiger charge is 2.73. The molecule has 0 aliphatic heterocycles. The molecule has 2 aromatic heterocycles. The van der Waals surface area contributed by atoms with Gasteiger partial charge in [-0.15, -0.1) is 0 Å². The van der Waals surface area contributed by atoms with Gasteiger partial charge in [-0.05, 0) is 65.5 Å². The molecule has 6 rings (SSSR count). The van der Waals surface area contributed by atoms with Gasteiger partial charge in [0.15, 0.2) is 5.65 Å². The smallest absolute Gasteiger partial charge is 0.312 e. The van der Waals surface area contributed by atoms with Crippen LogP contribution in [-0.2, 0) is 19.6 Å². The number of hydrogen-bond donors (Lipinski definition) is 1. The van der Waals surface area contributed by atoms with Crippen LogP contribution in [0.15, 0.2) is 48.5 Å². The van der Waals surface area contributed by atoms with Crippen LogP contribution < -0.4 is 5.32 Å². The van der Waals surface area contributed by atoms with Crippen molar-refractivity contribution in [3.63, 3.8) is 0 Å². The summed E-state index contributed by atoms with van der Waals surface area (Å²) in [4.78, 5) is 27.6. The van der Waals surface area contributed by atoms with E-state index < -0.39 is 30.7 Å². The summed E-state index contributed by atoms with van der Waals surface area (Å²) >= 11 is 0. The lowest BCUT2D eigenvalue weighted by Gasteiger charge is -2.69. The standard InChI is InChI=1S/C24H28N4O6S/c1-21(2,3)34-20(29)23-13-24(14-23,15-23)26-18-7-10-25-19-17(18)8-11-27(19)35(32,33)22(4)9-5-6-16(12-22)28(30)31/h5-8,10-12H,9,13-15H2,1-4H3,(H,25,26). The molecule has 3 fully saturated rings. The molecule has 2 bridgehead atoms. The summed E-state index contributed by atoms with van der Waals surface area (Å²) < 4.78 is 32.4. The maximum atomic E-state index is 13.6. The van der Waals surface area contributed by atoms with Crippen molar-refractivity contribution in [1.29, 1.82) is 0 Å². The summed E-state index contributed by atoms with van der Waals surface area (Å²) in [5.41, 5.74) is -0.468. The second kappa shape index (κ2) is 7.16. The van der Waals surface area contributed by atoms with Crippen molar-refractivity contribution in [2.24, 2.45) is 5.41 Å². The van der Waals surface area contributed by atoms with Gasteiger partial charge in [0.2, 0.25) is 10.0 Å². The monoisotopic (exact) mass is 500 g/mol. The number of nitrogens with one attached hydrogen (secondary N) is 1. The first-order chi connectivity index (χ1) is 16.2. The van der Waals surface area contributed by atoms with Crippen LogP contribution in [0.25, 0.3) is 11.0 Å². The molecule has 4 aliphatic carbocycles. The van der Waals surface area contributed by atoms with Gasteiger partial charge in [-0.3, -0.25) is 14.9 Å². The van der Waals surface area contributed by atoms with Crippen molar-refractivity contribution >= 4 is 32.7 Å². The van der Waals surface area contributed by atoms with E-state index in [4.69, 9.17) is 4.74 Å². The molecule has 4 aliphatic rings. The molecule has 0 aromatic carbocycles. The lowest BCUT2D eigenvalue weighted by Crippen LogP contribution is -2.74. The highest BCUT2D eigenvalue weighted by Crippen LogP contribution is 2.69. The minimum absolute atomic E-state index is 0.111. The Morgan fingerprint density at radius 3 is 2.57 bits per heavy atom. The van der Waals surface area contributed by atoms with E-state index in [0.717, 1.165) is 9.66 Å². The first kappa shape index (κ1) is 23.5. The van der Waals surface area contributed by atoms with E-state index in [1.165, 1.54) is 37.5 Å². The Balaban J connectivity index is 1.40. The average molecular weight is 501 g/mol. The van der Waals surface area contributed by atoms with Gasteiger partial charge in [-0.1, -0.05) is 6.08 Å². The van der Waals surface area contributed by atoms with Crippen molar-refractivity contribution < 1.29 is 22.9 Å².